The minimum Gasteiger partial charge on any atom is -0.494 e. The third-order valence-electron chi connectivity index (χ3n) is 5.70. The van der Waals surface area contributed by atoms with Crippen molar-refractivity contribution >= 4 is 38.5 Å². The van der Waals surface area contributed by atoms with Crippen LogP contribution in [0, 0.1) is 0 Å². The van der Waals surface area contributed by atoms with E-state index in [0.717, 1.165) is 17.0 Å². The van der Waals surface area contributed by atoms with E-state index in [2.05, 4.69) is 10.3 Å². The van der Waals surface area contributed by atoms with Gasteiger partial charge in [-0.2, -0.15) is 4.31 Å². The highest BCUT2D eigenvalue weighted by atomic mass is 32.2. The number of nitrogens with zero attached hydrogens (tertiary/aromatic N) is 3. The third-order valence-corrected chi connectivity index (χ3v) is 8.38. The second-order valence-corrected chi connectivity index (χ2v) is 10.9. The molecule has 2 heterocycles. The Kier molecular flexibility index (Phi) is 8.41. The van der Waals surface area contributed by atoms with E-state index in [9.17, 15) is 18.0 Å². The van der Waals surface area contributed by atoms with Crippen molar-refractivity contribution in [2.75, 3.05) is 44.7 Å². The summed E-state index contributed by atoms with van der Waals surface area (Å²) in [5.74, 6) is 0.388. The summed E-state index contributed by atoms with van der Waals surface area (Å²) < 4.78 is 37.8. The number of hydrogen-bond acceptors (Lipinski definition) is 8. The molecule has 1 aromatic heterocycles. The van der Waals surface area contributed by atoms with E-state index in [0.29, 0.717) is 17.3 Å². The van der Waals surface area contributed by atoms with Gasteiger partial charge in [0.05, 0.1) is 23.8 Å². The van der Waals surface area contributed by atoms with Gasteiger partial charge in [0, 0.05) is 42.7 Å². The number of amides is 2. The summed E-state index contributed by atoms with van der Waals surface area (Å²) in [6, 6.07) is 13.3. The summed E-state index contributed by atoms with van der Waals surface area (Å²) in [5.41, 5.74) is 1.94. The topological polar surface area (TPSA) is 118 Å². The number of sulfonamides is 1. The lowest BCUT2D eigenvalue weighted by atomic mass is 10.2. The molecule has 4 rings (SSSR count). The van der Waals surface area contributed by atoms with E-state index >= 15 is 0 Å². The number of anilines is 1. The quantitative estimate of drug-likeness (QED) is 0.457. The number of carbonyl (C=O) groups is 2. The first-order chi connectivity index (χ1) is 17.8. The molecule has 1 saturated heterocycles. The van der Waals surface area contributed by atoms with Crippen molar-refractivity contribution in [1.82, 2.24) is 14.2 Å². The zero-order valence-electron chi connectivity index (χ0n) is 20.5. The molecule has 0 aliphatic carbocycles. The number of hydrogen-bond donors (Lipinski definition) is 1. The summed E-state index contributed by atoms with van der Waals surface area (Å²) in [5, 5.41) is 5.05. The Morgan fingerprint density at radius 2 is 1.65 bits per heavy atom. The van der Waals surface area contributed by atoms with Crippen molar-refractivity contribution in [2.24, 2.45) is 0 Å². The lowest BCUT2D eigenvalue weighted by Gasteiger charge is -2.33. The molecule has 0 saturated carbocycles. The average Bonchev–Trinajstić information content (AvgIpc) is 3.38. The number of ether oxygens (including phenoxy) is 2. The molecule has 3 aromatic rings. The van der Waals surface area contributed by atoms with Crippen LogP contribution in [-0.4, -0.2) is 74.0 Å². The smallest absolute Gasteiger partial charge is 0.409 e. The first-order valence-corrected chi connectivity index (χ1v) is 14.2. The maximum atomic E-state index is 13.0. The van der Waals surface area contributed by atoms with Crippen molar-refractivity contribution in [3.05, 3.63) is 59.5 Å². The van der Waals surface area contributed by atoms with Crippen LogP contribution in [0.5, 0.6) is 5.75 Å². The zero-order valence-corrected chi connectivity index (χ0v) is 22.2. The summed E-state index contributed by atoms with van der Waals surface area (Å²) >= 11 is 1.30. The second-order valence-electron chi connectivity index (χ2n) is 8.06. The van der Waals surface area contributed by atoms with Crippen LogP contribution in [0.3, 0.4) is 0 Å². The van der Waals surface area contributed by atoms with E-state index in [1.165, 1.54) is 44.8 Å². The molecule has 0 atom stereocenters. The molecule has 1 aliphatic rings. The van der Waals surface area contributed by atoms with Gasteiger partial charge in [-0.15, -0.1) is 11.3 Å². The Morgan fingerprint density at radius 3 is 2.27 bits per heavy atom. The Hall–Kier alpha value is -3.48. The summed E-state index contributed by atoms with van der Waals surface area (Å²) in [6.07, 6.45) is -0.443. The molecule has 1 aliphatic heterocycles. The fourth-order valence-corrected chi connectivity index (χ4v) is 5.91. The molecule has 2 amide bonds. The maximum absolute atomic E-state index is 13.0. The SMILES string of the molecule is CCOC(=O)N1CCN(S(=O)(=O)c2ccc(C(=O)Nc3nc(-c4ccc(OCC)cc4)cs3)cc2)CC1. The van der Waals surface area contributed by atoms with Gasteiger partial charge >= 0.3 is 6.09 Å². The number of thiazole rings is 1. The minimum atomic E-state index is -3.76. The van der Waals surface area contributed by atoms with Crippen LogP contribution < -0.4 is 10.1 Å². The summed E-state index contributed by atoms with van der Waals surface area (Å²) in [6.45, 7) is 5.36. The highest BCUT2D eigenvalue weighted by Gasteiger charge is 2.30. The highest BCUT2D eigenvalue weighted by molar-refractivity contribution is 7.89. The van der Waals surface area contributed by atoms with Crippen molar-refractivity contribution in [3.8, 4) is 17.0 Å². The van der Waals surface area contributed by atoms with Gasteiger partial charge in [-0.3, -0.25) is 10.1 Å². The molecule has 12 heteroatoms. The zero-order chi connectivity index (χ0) is 26.4. The molecular weight excluding hydrogens is 516 g/mol. The molecule has 0 radical (unpaired) electrons. The van der Waals surface area contributed by atoms with E-state index in [1.54, 1.807) is 6.92 Å². The van der Waals surface area contributed by atoms with E-state index < -0.39 is 16.1 Å². The van der Waals surface area contributed by atoms with Gasteiger partial charge in [-0.1, -0.05) is 0 Å². The average molecular weight is 545 g/mol. The van der Waals surface area contributed by atoms with Crippen molar-refractivity contribution in [2.45, 2.75) is 18.7 Å². The number of rotatable bonds is 8. The standard InChI is InChI=1S/C25H28N4O6S2/c1-3-34-20-9-5-18(6-10-20)22-17-36-24(26-22)27-23(30)19-7-11-21(12-8-19)37(32,33)29-15-13-28(14-16-29)25(31)35-4-2/h5-12,17H,3-4,13-16H2,1-2H3,(H,26,27,30). The lowest BCUT2D eigenvalue weighted by Crippen LogP contribution is -2.50. The van der Waals surface area contributed by atoms with Crippen LogP contribution in [0.4, 0.5) is 9.93 Å². The molecule has 2 aromatic carbocycles. The van der Waals surface area contributed by atoms with Gasteiger partial charge < -0.3 is 14.4 Å². The van der Waals surface area contributed by atoms with Crippen LogP contribution >= 0.6 is 11.3 Å². The maximum Gasteiger partial charge on any atom is 0.409 e. The normalized spacial score (nSPS) is 14.3. The van der Waals surface area contributed by atoms with Gasteiger partial charge in [0.25, 0.3) is 5.91 Å². The van der Waals surface area contributed by atoms with Crippen molar-refractivity contribution < 1.29 is 27.5 Å². The number of aromatic nitrogens is 1. The van der Waals surface area contributed by atoms with Crippen LogP contribution in [-0.2, 0) is 14.8 Å². The molecular formula is C25H28N4O6S2. The Balaban J connectivity index is 1.36. The van der Waals surface area contributed by atoms with E-state index in [4.69, 9.17) is 9.47 Å². The number of benzene rings is 2. The van der Waals surface area contributed by atoms with Crippen molar-refractivity contribution in [3.63, 3.8) is 0 Å². The summed E-state index contributed by atoms with van der Waals surface area (Å²) in [4.78, 5) is 30.6. The molecule has 0 spiro atoms. The van der Waals surface area contributed by atoms with E-state index in [-0.39, 0.29) is 43.6 Å². The largest absolute Gasteiger partial charge is 0.494 e. The van der Waals surface area contributed by atoms with Gasteiger partial charge in [0.1, 0.15) is 5.75 Å². The van der Waals surface area contributed by atoms with Gasteiger partial charge in [0.15, 0.2) is 5.13 Å². The molecule has 0 unspecified atom stereocenters. The lowest BCUT2D eigenvalue weighted by molar-refractivity contribution is 0.0933. The summed E-state index contributed by atoms with van der Waals surface area (Å²) in [7, 11) is -3.76. The van der Waals surface area contributed by atoms with Gasteiger partial charge in [0.2, 0.25) is 10.0 Å². The number of carbonyl (C=O) groups excluding carboxylic acids is 2. The van der Waals surface area contributed by atoms with Crippen LogP contribution in [0.1, 0.15) is 24.2 Å². The fourth-order valence-electron chi connectivity index (χ4n) is 3.77. The molecule has 0 bridgehead atoms. The molecule has 1 fully saturated rings. The Bertz CT molecular complexity index is 1330. The van der Waals surface area contributed by atoms with Crippen molar-refractivity contribution in [1.29, 1.82) is 0 Å². The fraction of sp³-hybridized carbons (Fsp3) is 0.320. The first-order valence-electron chi connectivity index (χ1n) is 11.8. The van der Waals surface area contributed by atoms with Crippen LogP contribution in [0.2, 0.25) is 0 Å². The molecule has 1 N–H and O–H groups in total. The monoisotopic (exact) mass is 544 g/mol. The number of nitrogens with one attached hydrogen (secondary N) is 1. The number of piperazine rings is 1. The van der Waals surface area contributed by atoms with Crippen LogP contribution in [0.15, 0.2) is 58.8 Å². The third kappa shape index (κ3) is 6.27. The second kappa shape index (κ2) is 11.7. The van der Waals surface area contributed by atoms with Crippen LogP contribution in [0.25, 0.3) is 11.3 Å². The predicted octanol–water partition coefficient (Wildman–Crippen LogP) is 3.92. The molecule has 37 heavy (non-hydrogen) atoms. The predicted molar refractivity (Wildman–Crippen MR) is 140 cm³/mol. The Labute approximate surface area is 219 Å². The van der Waals surface area contributed by atoms with Gasteiger partial charge in [-0.25, -0.2) is 18.2 Å². The molecule has 10 nitrogen and oxygen atoms in total. The Morgan fingerprint density at radius 1 is 0.973 bits per heavy atom. The van der Waals surface area contributed by atoms with E-state index in [1.807, 2.05) is 36.6 Å². The highest BCUT2D eigenvalue weighted by Crippen LogP contribution is 2.27. The van der Waals surface area contributed by atoms with Gasteiger partial charge in [-0.05, 0) is 62.4 Å². The molecule has 196 valence electrons. The minimum absolute atomic E-state index is 0.0840. The first kappa shape index (κ1) is 26.6.